The number of hydrogen-bond donors (Lipinski definition) is 1. The van der Waals surface area contributed by atoms with Gasteiger partial charge in [0.2, 0.25) is 0 Å². The van der Waals surface area contributed by atoms with Gasteiger partial charge in [-0.3, -0.25) is 4.79 Å². The highest BCUT2D eigenvalue weighted by molar-refractivity contribution is 7.12. The first-order valence-corrected chi connectivity index (χ1v) is 8.16. The molecule has 0 aliphatic rings. The molecule has 0 aliphatic carbocycles. The maximum atomic E-state index is 12.1. The Labute approximate surface area is 138 Å². The second-order valence-corrected chi connectivity index (χ2v) is 6.09. The number of aryl methyl sites for hydroxylation is 1. The molecular weight excluding hydrogens is 310 g/mol. The number of carbonyl (C=O) groups is 1. The van der Waals surface area contributed by atoms with Crippen LogP contribution in [0.3, 0.4) is 0 Å². The highest BCUT2D eigenvalue weighted by atomic mass is 32.1. The van der Waals surface area contributed by atoms with Gasteiger partial charge in [-0.25, -0.2) is 0 Å². The van der Waals surface area contributed by atoms with Crippen LogP contribution in [0.25, 0.3) is 0 Å². The first kappa shape index (κ1) is 15.4. The minimum atomic E-state index is -0.104. The molecular formula is C18H17NO3S. The quantitative estimate of drug-likeness (QED) is 0.739. The molecule has 3 aromatic rings. The molecule has 2 heterocycles. The van der Waals surface area contributed by atoms with Crippen LogP contribution < -0.4 is 10.1 Å². The summed E-state index contributed by atoms with van der Waals surface area (Å²) in [5.41, 5.74) is 2.18. The first-order chi connectivity index (χ1) is 11.2. The predicted molar refractivity (Wildman–Crippen MR) is 89.7 cm³/mol. The predicted octanol–water partition coefficient (Wildman–Crippen LogP) is 4.16. The van der Waals surface area contributed by atoms with Gasteiger partial charge in [0.25, 0.3) is 5.91 Å². The zero-order valence-corrected chi connectivity index (χ0v) is 13.6. The molecule has 0 spiro atoms. The van der Waals surface area contributed by atoms with Crippen LogP contribution in [0.1, 0.15) is 26.6 Å². The highest BCUT2D eigenvalue weighted by Gasteiger charge is 2.10. The summed E-state index contributed by atoms with van der Waals surface area (Å²) in [4.78, 5) is 12.7. The lowest BCUT2D eigenvalue weighted by Gasteiger charge is -2.04. The molecule has 4 nitrogen and oxygen atoms in total. The third-order valence-corrected chi connectivity index (χ3v) is 4.29. The van der Waals surface area contributed by atoms with E-state index in [9.17, 15) is 4.79 Å². The molecule has 0 unspecified atom stereocenters. The standard InChI is InChI=1S/C18H17NO3S/c1-13-4-6-15(7-5-13)22-11-14-9-17(23-12-14)18(20)19-10-16-3-2-8-21-16/h2-9,12H,10-11H2,1H3,(H,19,20). The fraction of sp³-hybridized carbons (Fsp3) is 0.167. The van der Waals surface area contributed by atoms with E-state index in [4.69, 9.17) is 9.15 Å². The molecule has 2 aromatic heterocycles. The van der Waals surface area contributed by atoms with Gasteiger partial charge in [-0.1, -0.05) is 17.7 Å². The molecule has 0 bridgehead atoms. The minimum absolute atomic E-state index is 0.104. The summed E-state index contributed by atoms with van der Waals surface area (Å²) in [6.07, 6.45) is 1.59. The van der Waals surface area contributed by atoms with Gasteiger partial charge < -0.3 is 14.5 Å². The number of amides is 1. The highest BCUT2D eigenvalue weighted by Crippen LogP contribution is 2.18. The van der Waals surface area contributed by atoms with Crippen molar-refractivity contribution in [1.82, 2.24) is 5.32 Å². The smallest absolute Gasteiger partial charge is 0.261 e. The minimum Gasteiger partial charge on any atom is -0.489 e. The number of ether oxygens (including phenoxy) is 1. The summed E-state index contributed by atoms with van der Waals surface area (Å²) < 4.78 is 10.9. The zero-order chi connectivity index (χ0) is 16.1. The summed E-state index contributed by atoms with van der Waals surface area (Å²) in [6.45, 7) is 2.88. The summed E-state index contributed by atoms with van der Waals surface area (Å²) in [5, 5.41) is 4.77. The second-order valence-electron chi connectivity index (χ2n) is 5.18. The number of benzene rings is 1. The Morgan fingerprint density at radius 3 is 2.83 bits per heavy atom. The lowest BCUT2D eigenvalue weighted by atomic mass is 10.2. The first-order valence-electron chi connectivity index (χ1n) is 7.28. The van der Waals surface area contributed by atoms with E-state index in [1.165, 1.54) is 16.9 Å². The van der Waals surface area contributed by atoms with Crippen molar-refractivity contribution in [1.29, 1.82) is 0 Å². The van der Waals surface area contributed by atoms with E-state index in [0.717, 1.165) is 17.1 Å². The molecule has 1 amide bonds. The van der Waals surface area contributed by atoms with Crippen molar-refractivity contribution in [2.24, 2.45) is 0 Å². The van der Waals surface area contributed by atoms with Crippen LogP contribution in [-0.4, -0.2) is 5.91 Å². The summed E-state index contributed by atoms with van der Waals surface area (Å²) in [7, 11) is 0. The third kappa shape index (κ3) is 4.23. The summed E-state index contributed by atoms with van der Waals surface area (Å²) in [6, 6.07) is 13.4. The Balaban J connectivity index is 1.52. The lowest BCUT2D eigenvalue weighted by Crippen LogP contribution is -2.21. The normalized spacial score (nSPS) is 10.5. The fourth-order valence-electron chi connectivity index (χ4n) is 2.04. The molecule has 0 fully saturated rings. The van der Waals surface area contributed by atoms with Gasteiger partial charge in [0.15, 0.2) is 0 Å². The Bertz CT molecular complexity index is 760. The molecule has 0 radical (unpaired) electrons. The van der Waals surface area contributed by atoms with Crippen LogP contribution in [-0.2, 0) is 13.2 Å². The van der Waals surface area contributed by atoms with Gasteiger partial charge in [-0.2, -0.15) is 0 Å². The molecule has 23 heavy (non-hydrogen) atoms. The molecule has 5 heteroatoms. The van der Waals surface area contributed by atoms with Crippen LogP contribution in [0.5, 0.6) is 5.75 Å². The van der Waals surface area contributed by atoms with Gasteiger partial charge in [0, 0.05) is 5.56 Å². The SMILES string of the molecule is Cc1ccc(OCc2csc(C(=O)NCc3ccco3)c2)cc1. The van der Waals surface area contributed by atoms with Gasteiger partial charge >= 0.3 is 0 Å². The van der Waals surface area contributed by atoms with E-state index >= 15 is 0 Å². The van der Waals surface area contributed by atoms with Gasteiger partial charge in [-0.05, 0) is 42.6 Å². The Morgan fingerprint density at radius 2 is 2.09 bits per heavy atom. The molecule has 118 valence electrons. The van der Waals surface area contributed by atoms with Crippen LogP contribution in [0.2, 0.25) is 0 Å². The summed E-state index contributed by atoms with van der Waals surface area (Å²) >= 11 is 1.41. The van der Waals surface area contributed by atoms with Crippen molar-refractivity contribution in [2.45, 2.75) is 20.1 Å². The number of rotatable bonds is 6. The molecule has 1 N–H and O–H groups in total. The van der Waals surface area contributed by atoms with Crippen LogP contribution >= 0.6 is 11.3 Å². The van der Waals surface area contributed by atoms with Gasteiger partial charge in [0.1, 0.15) is 18.1 Å². The molecule has 0 saturated heterocycles. The van der Waals surface area contributed by atoms with Gasteiger partial charge in [0.05, 0.1) is 17.7 Å². The van der Waals surface area contributed by atoms with Crippen LogP contribution in [0, 0.1) is 6.92 Å². The maximum Gasteiger partial charge on any atom is 0.261 e. The Kier molecular flexibility index (Phi) is 4.78. The Morgan fingerprint density at radius 1 is 1.26 bits per heavy atom. The number of furan rings is 1. The van der Waals surface area contributed by atoms with Crippen molar-refractivity contribution in [3.63, 3.8) is 0 Å². The maximum absolute atomic E-state index is 12.1. The van der Waals surface area contributed by atoms with Crippen molar-refractivity contribution in [2.75, 3.05) is 0 Å². The number of thiophene rings is 1. The Hall–Kier alpha value is -2.53. The fourth-order valence-corrected chi connectivity index (χ4v) is 2.85. The van der Waals surface area contributed by atoms with Gasteiger partial charge in [-0.15, -0.1) is 11.3 Å². The number of nitrogens with one attached hydrogen (secondary N) is 1. The van der Waals surface area contributed by atoms with E-state index < -0.39 is 0 Å². The number of carbonyl (C=O) groups excluding carboxylic acids is 1. The second kappa shape index (κ2) is 7.15. The van der Waals surface area contributed by atoms with E-state index in [0.29, 0.717) is 18.0 Å². The topological polar surface area (TPSA) is 51.5 Å². The third-order valence-electron chi connectivity index (χ3n) is 3.31. The van der Waals surface area contributed by atoms with Crippen molar-refractivity contribution in [3.05, 3.63) is 75.9 Å². The number of hydrogen-bond acceptors (Lipinski definition) is 4. The van der Waals surface area contributed by atoms with Crippen molar-refractivity contribution in [3.8, 4) is 5.75 Å². The molecule has 3 rings (SSSR count). The van der Waals surface area contributed by atoms with Crippen molar-refractivity contribution >= 4 is 17.2 Å². The van der Waals surface area contributed by atoms with E-state index in [-0.39, 0.29) is 5.91 Å². The van der Waals surface area contributed by atoms with E-state index in [2.05, 4.69) is 5.32 Å². The largest absolute Gasteiger partial charge is 0.489 e. The molecule has 0 atom stereocenters. The van der Waals surface area contributed by atoms with E-state index in [1.807, 2.05) is 48.7 Å². The average molecular weight is 327 g/mol. The van der Waals surface area contributed by atoms with E-state index in [1.54, 1.807) is 12.3 Å². The molecule has 1 aromatic carbocycles. The average Bonchev–Trinajstić information content (AvgIpc) is 3.24. The monoisotopic (exact) mass is 327 g/mol. The summed E-state index contributed by atoms with van der Waals surface area (Å²) in [5.74, 6) is 1.46. The molecule has 0 saturated carbocycles. The van der Waals surface area contributed by atoms with Crippen molar-refractivity contribution < 1.29 is 13.9 Å². The van der Waals surface area contributed by atoms with Crippen LogP contribution in [0.4, 0.5) is 0 Å². The van der Waals surface area contributed by atoms with Crippen LogP contribution in [0.15, 0.2) is 58.5 Å². The molecule has 0 aliphatic heterocycles. The zero-order valence-electron chi connectivity index (χ0n) is 12.7. The lowest BCUT2D eigenvalue weighted by molar-refractivity contribution is 0.0952.